The number of aliphatic carboxylic acids is 1. The minimum absolute atomic E-state index is 0.0221. The molecular weight excluding hydrogens is 250 g/mol. The minimum atomic E-state index is -1.06. The molecule has 19 heavy (non-hydrogen) atoms. The Hall–Kier alpha value is -0.690. The van der Waals surface area contributed by atoms with E-state index in [-0.39, 0.29) is 17.8 Å². The summed E-state index contributed by atoms with van der Waals surface area (Å²) in [5, 5.41) is 27.1. The molecule has 0 bridgehead atoms. The highest BCUT2D eigenvalue weighted by Crippen LogP contribution is 2.07. The Balaban J connectivity index is 3.73. The van der Waals surface area contributed by atoms with Crippen LogP contribution >= 0.6 is 0 Å². The molecule has 0 heterocycles. The number of quaternary nitrogens is 1. The lowest BCUT2D eigenvalue weighted by atomic mass is 10.1. The van der Waals surface area contributed by atoms with Crippen LogP contribution in [0.5, 0.6) is 0 Å². The number of ether oxygens (including phenoxy) is 1. The van der Waals surface area contributed by atoms with E-state index in [4.69, 9.17) is 9.84 Å². The van der Waals surface area contributed by atoms with Crippen LogP contribution in [0.2, 0.25) is 0 Å². The van der Waals surface area contributed by atoms with E-state index < -0.39 is 19.4 Å². The van der Waals surface area contributed by atoms with Crippen molar-refractivity contribution < 1.29 is 29.3 Å². The van der Waals surface area contributed by atoms with Crippen LogP contribution in [0.3, 0.4) is 0 Å². The maximum Gasteiger partial charge on any atom is 0.359 e. The number of hydrogen-bond acceptors (Lipinski definition) is 4. The van der Waals surface area contributed by atoms with E-state index in [1.165, 1.54) is 25.7 Å². The van der Waals surface area contributed by atoms with Crippen LogP contribution in [0.15, 0.2) is 0 Å². The fourth-order valence-corrected chi connectivity index (χ4v) is 1.80. The molecule has 0 amide bonds. The van der Waals surface area contributed by atoms with Gasteiger partial charge in [-0.2, -0.15) is 0 Å². The van der Waals surface area contributed by atoms with Crippen molar-refractivity contribution in [1.82, 2.24) is 0 Å². The van der Waals surface area contributed by atoms with E-state index in [0.29, 0.717) is 6.61 Å². The molecule has 114 valence electrons. The molecule has 0 fully saturated rings. The van der Waals surface area contributed by atoms with Crippen LogP contribution in [0.1, 0.15) is 45.4 Å². The van der Waals surface area contributed by atoms with E-state index >= 15 is 0 Å². The van der Waals surface area contributed by atoms with Crippen LogP contribution in [0.4, 0.5) is 0 Å². The summed E-state index contributed by atoms with van der Waals surface area (Å²) in [7, 11) is 0. The first-order valence-corrected chi connectivity index (χ1v) is 6.96. The van der Waals surface area contributed by atoms with Crippen LogP contribution in [0.25, 0.3) is 0 Å². The Morgan fingerprint density at radius 3 is 2.16 bits per heavy atom. The molecule has 6 heteroatoms. The number of rotatable bonds is 13. The van der Waals surface area contributed by atoms with E-state index in [1.54, 1.807) is 0 Å². The average Bonchev–Trinajstić information content (AvgIpc) is 2.40. The Morgan fingerprint density at radius 2 is 1.63 bits per heavy atom. The van der Waals surface area contributed by atoms with Crippen molar-refractivity contribution >= 4 is 5.97 Å². The Morgan fingerprint density at radius 1 is 1.05 bits per heavy atom. The summed E-state index contributed by atoms with van der Waals surface area (Å²) in [5.74, 6) is -1.06. The van der Waals surface area contributed by atoms with Gasteiger partial charge in [-0.05, 0) is 6.42 Å². The third-order valence-electron chi connectivity index (χ3n) is 3.08. The molecular formula is C13H28NO5+. The zero-order valence-electron chi connectivity index (χ0n) is 11.9. The molecule has 0 aliphatic rings. The molecule has 0 aromatic carbocycles. The fraction of sp³-hybridized carbons (Fsp3) is 0.923. The SMILES string of the molecule is CCCCCCCCOC[N+](CO)(CO)CC(=O)O. The molecule has 0 aromatic rings. The number of carboxylic acid groups (broad SMARTS) is 1. The van der Waals surface area contributed by atoms with E-state index in [1.807, 2.05) is 0 Å². The van der Waals surface area contributed by atoms with Crippen molar-refractivity contribution in [3.63, 3.8) is 0 Å². The molecule has 0 aromatic heterocycles. The summed E-state index contributed by atoms with van der Waals surface area (Å²) in [5.41, 5.74) is 0. The van der Waals surface area contributed by atoms with E-state index in [2.05, 4.69) is 6.92 Å². The summed E-state index contributed by atoms with van der Waals surface area (Å²) in [6.07, 6.45) is 6.92. The maximum absolute atomic E-state index is 10.7. The Kier molecular flexibility index (Phi) is 10.8. The van der Waals surface area contributed by atoms with Gasteiger partial charge in [0, 0.05) is 0 Å². The van der Waals surface area contributed by atoms with Crippen molar-refractivity contribution in [3.05, 3.63) is 0 Å². The van der Waals surface area contributed by atoms with Crippen LogP contribution in [-0.2, 0) is 9.53 Å². The van der Waals surface area contributed by atoms with Gasteiger partial charge >= 0.3 is 5.97 Å². The second-order valence-corrected chi connectivity index (χ2v) is 4.98. The molecule has 0 radical (unpaired) electrons. The molecule has 0 rings (SSSR count). The molecule has 0 atom stereocenters. The average molecular weight is 278 g/mol. The first kappa shape index (κ1) is 18.3. The van der Waals surface area contributed by atoms with Gasteiger partial charge in [-0.25, -0.2) is 9.28 Å². The Bertz CT molecular complexity index is 231. The number of nitrogens with zero attached hydrogens (tertiary/aromatic N) is 1. The van der Waals surface area contributed by atoms with Crippen molar-refractivity contribution in [2.45, 2.75) is 45.4 Å². The molecule has 0 saturated carbocycles. The van der Waals surface area contributed by atoms with Gasteiger partial charge in [0.2, 0.25) is 0 Å². The van der Waals surface area contributed by atoms with E-state index in [0.717, 1.165) is 12.8 Å². The second-order valence-electron chi connectivity index (χ2n) is 4.98. The lowest BCUT2D eigenvalue weighted by Crippen LogP contribution is -2.53. The zero-order valence-corrected chi connectivity index (χ0v) is 11.9. The summed E-state index contributed by atoms with van der Waals surface area (Å²) < 4.78 is 5.01. The third kappa shape index (κ3) is 8.93. The first-order valence-electron chi connectivity index (χ1n) is 6.96. The fourth-order valence-electron chi connectivity index (χ4n) is 1.80. The molecule has 6 nitrogen and oxygen atoms in total. The third-order valence-corrected chi connectivity index (χ3v) is 3.08. The quantitative estimate of drug-likeness (QED) is 0.267. The van der Waals surface area contributed by atoms with Crippen LogP contribution < -0.4 is 0 Å². The molecule has 0 aliphatic heterocycles. The smallest absolute Gasteiger partial charge is 0.359 e. The van der Waals surface area contributed by atoms with Crippen molar-refractivity contribution in [2.75, 3.05) is 33.3 Å². The van der Waals surface area contributed by atoms with Crippen molar-refractivity contribution in [3.8, 4) is 0 Å². The highest BCUT2D eigenvalue weighted by atomic mass is 16.5. The number of aliphatic hydroxyl groups is 2. The maximum atomic E-state index is 10.7. The largest absolute Gasteiger partial charge is 0.477 e. The van der Waals surface area contributed by atoms with Gasteiger partial charge in [-0.15, -0.1) is 0 Å². The first-order chi connectivity index (χ1) is 9.10. The van der Waals surface area contributed by atoms with Gasteiger partial charge in [0.25, 0.3) is 0 Å². The summed E-state index contributed by atoms with van der Waals surface area (Å²) in [6.45, 7) is 1.49. The molecule has 0 unspecified atom stereocenters. The van der Waals surface area contributed by atoms with Gasteiger partial charge in [0.15, 0.2) is 26.7 Å². The van der Waals surface area contributed by atoms with E-state index in [9.17, 15) is 15.0 Å². The molecule has 0 spiro atoms. The van der Waals surface area contributed by atoms with Gasteiger partial charge < -0.3 is 20.1 Å². The van der Waals surface area contributed by atoms with Gasteiger partial charge in [-0.3, -0.25) is 0 Å². The summed E-state index contributed by atoms with van der Waals surface area (Å²) in [4.78, 5) is 10.7. The highest BCUT2D eigenvalue weighted by Gasteiger charge is 2.29. The number of unbranched alkanes of at least 4 members (excludes halogenated alkanes) is 5. The highest BCUT2D eigenvalue weighted by molar-refractivity contribution is 5.67. The van der Waals surface area contributed by atoms with Crippen LogP contribution in [0, 0.1) is 0 Å². The topological polar surface area (TPSA) is 87.0 Å². The summed E-state index contributed by atoms with van der Waals surface area (Å²) in [6, 6.07) is 0. The number of carbonyl (C=O) groups is 1. The lowest BCUT2D eigenvalue weighted by Gasteiger charge is -2.31. The van der Waals surface area contributed by atoms with Crippen molar-refractivity contribution in [1.29, 1.82) is 0 Å². The molecule has 0 aliphatic carbocycles. The van der Waals surface area contributed by atoms with Gasteiger partial charge in [0.1, 0.15) is 0 Å². The van der Waals surface area contributed by atoms with Gasteiger partial charge in [0.05, 0.1) is 6.61 Å². The Labute approximate surface area is 115 Å². The number of carboxylic acids is 1. The molecule has 0 saturated heterocycles. The predicted octanol–water partition coefficient (Wildman–Crippen LogP) is 1.12. The predicted molar refractivity (Wildman–Crippen MR) is 71.1 cm³/mol. The van der Waals surface area contributed by atoms with Crippen molar-refractivity contribution in [2.24, 2.45) is 0 Å². The van der Waals surface area contributed by atoms with Gasteiger partial charge in [-0.1, -0.05) is 39.0 Å². The zero-order chi connectivity index (χ0) is 14.6. The lowest BCUT2D eigenvalue weighted by molar-refractivity contribution is -0.971. The minimum Gasteiger partial charge on any atom is -0.477 e. The normalized spacial score (nSPS) is 11.7. The number of hydrogen-bond donors (Lipinski definition) is 3. The number of aliphatic hydroxyl groups excluding tert-OH is 2. The van der Waals surface area contributed by atoms with Crippen LogP contribution in [-0.4, -0.2) is 59.1 Å². The monoisotopic (exact) mass is 278 g/mol. The standard InChI is InChI=1S/C13H27NO5/c1-2-3-4-5-6-7-8-19-12-14(10-15,11-16)9-13(17)18/h15-16H,2-12H2,1H3/p+1. The summed E-state index contributed by atoms with van der Waals surface area (Å²) >= 11 is 0. The second kappa shape index (κ2) is 11.2. The molecule has 3 N–H and O–H groups in total.